The predicted octanol–water partition coefficient (Wildman–Crippen LogP) is 2.39. The molecular formula is C19H27N5O. The number of aryl methyl sites for hydroxylation is 2. The smallest absolute Gasteiger partial charge is 0.223 e. The van der Waals surface area contributed by atoms with Gasteiger partial charge in [-0.1, -0.05) is 6.07 Å². The minimum atomic E-state index is 0.0880. The highest BCUT2D eigenvalue weighted by Gasteiger charge is 2.26. The van der Waals surface area contributed by atoms with Gasteiger partial charge in [0, 0.05) is 43.4 Å². The van der Waals surface area contributed by atoms with Gasteiger partial charge in [0.25, 0.3) is 0 Å². The van der Waals surface area contributed by atoms with E-state index in [0.29, 0.717) is 0 Å². The third-order valence-corrected chi connectivity index (χ3v) is 4.75. The molecule has 2 aromatic heterocycles. The van der Waals surface area contributed by atoms with Crippen molar-refractivity contribution in [2.24, 2.45) is 5.92 Å². The third-order valence-electron chi connectivity index (χ3n) is 4.75. The predicted molar refractivity (Wildman–Crippen MR) is 98.5 cm³/mol. The molecule has 6 nitrogen and oxygen atoms in total. The number of nitrogens with one attached hydrogen (secondary N) is 2. The average Bonchev–Trinajstić information content (AvgIpc) is 3.00. The highest BCUT2D eigenvalue weighted by Crippen LogP contribution is 2.22. The van der Waals surface area contributed by atoms with E-state index in [9.17, 15) is 4.79 Å². The maximum atomic E-state index is 12.5. The summed E-state index contributed by atoms with van der Waals surface area (Å²) in [5.41, 5.74) is 3.20. The highest BCUT2D eigenvalue weighted by atomic mass is 16.1. The molecule has 2 N–H and O–H groups in total. The van der Waals surface area contributed by atoms with Gasteiger partial charge in [-0.25, -0.2) is 4.98 Å². The number of anilines is 1. The number of pyridine rings is 1. The quantitative estimate of drug-likeness (QED) is 0.876. The topological polar surface area (TPSA) is 73.9 Å². The summed E-state index contributed by atoms with van der Waals surface area (Å²) in [6.07, 6.45) is 4.39. The van der Waals surface area contributed by atoms with Crippen molar-refractivity contribution in [1.82, 2.24) is 20.5 Å². The largest absolute Gasteiger partial charge is 0.357 e. The molecule has 0 aliphatic carbocycles. The van der Waals surface area contributed by atoms with Crippen molar-refractivity contribution in [1.29, 1.82) is 0 Å². The standard InChI is InChI=1S/C19H27N5O/c1-13-4-5-18(20-12-13)24-8-6-16(7-9-24)19(25)21-14(2)10-17-11-15(3)22-23-17/h4-5,11-12,14,16H,6-10H2,1-3H3,(H,21,25)(H,22,23)/t14-/m1/s1. The van der Waals surface area contributed by atoms with Crippen molar-refractivity contribution < 1.29 is 4.79 Å². The summed E-state index contributed by atoms with van der Waals surface area (Å²) in [5, 5.41) is 10.3. The van der Waals surface area contributed by atoms with Crippen LogP contribution in [0.2, 0.25) is 0 Å². The Kier molecular flexibility index (Phi) is 5.36. The summed E-state index contributed by atoms with van der Waals surface area (Å²) in [6.45, 7) is 7.81. The van der Waals surface area contributed by atoms with Crippen LogP contribution in [0, 0.1) is 19.8 Å². The summed E-state index contributed by atoms with van der Waals surface area (Å²) >= 11 is 0. The molecule has 0 radical (unpaired) electrons. The Hall–Kier alpha value is -2.37. The van der Waals surface area contributed by atoms with Gasteiger partial charge in [-0.2, -0.15) is 5.10 Å². The molecule has 1 fully saturated rings. The van der Waals surface area contributed by atoms with Crippen LogP contribution >= 0.6 is 0 Å². The minimum absolute atomic E-state index is 0.0880. The number of aromatic nitrogens is 3. The van der Waals surface area contributed by atoms with Crippen molar-refractivity contribution in [2.45, 2.75) is 46.1 Å². The highest BCUT2D eigenvalue weighted by molar-refractivity contribution is 5.79. The lowest BCUT2D eigenvalue weighted by Crippen LogP contribution is -2.43. The Morgan fingerprint density at radius 3 is 2.72 bits per heavy atom. The number of nitrogens with zero attached hydrogens (tertiary/aromatic N) is 3. The molecule has 1 saturated heterocycles. The molecule has 3 heterocycles. The van der Waals surface area contributed by atoms with Crippen LogP contribution in [0.25, 0.3) is 0 Å². The number of piperidine rings is 1. The number of H-pyrrole nitrogens is 1. The third kappa shape index (κ3) is 4.59. The maximum Gasteiger partial charge on any atom is 0.223 e. The van der Waals surface area contributed by atoms with E-state index >= 15 is 0 Å². The van der Waals surface area contributed by atoms with E-state index in [2.05, 4.69) is 37.5 Å². The summed E-state index contributed by atoms with van der Waals surface area (Å²) < 4.78 is 0. The van der Waals surface area contributed by atoms with Crippen LogP contribution < -0.4 is 10.2 Å². The van der Waals surface area contributed by atoms with Gasteiger partial charge < -0.3 is 10.2 Å². The molecule has 0 spiro atoms. The zero-order valence-corrected chi connectivity index (χ0v) is 15.2. The van der Waals surface area contributed by atoms with Gasteiger partial charge in [0.05, 0.1) is 5.69 Å². The van der Waals surface area contributed by atoms with Gasteiger partial charge in [0.15, 0.2) is 0 Å². The van der Waals surface area contributed by atoms with Gasteiger partial charge in [0.2, 0.25) is 5.91 Å². The maximum absolute atomic E-state index is 12.5. The number of carbonyl (C=O) groups excluding carboxylic acids is 1. The first-order chi connectivity index (χ1) is 12.0. The summed E-state index contributed by atoms with van der Waals surface area (Å²) in [5.74, 6) is 1.26. The van der Waals surface area contributed by atoms with Crippen LogP contribution in [0.15, 0.2) is 24.4 Å². The fraction of sp³-hybridized carbons (Fsp3) is 0.526. The number of hydrogen-bond acceptors (Lipinski definition) is 4. The molecule has 1 aliphatic heterocycles. The van der Waals surface area contributed by atoms with E-state index in [1.54, 1.807) is 0 Å². The van der Waals surface area contributed by atoms with Crippen LogP contribution in [0.5, 0.6) is 0 Å². The van der Waals surface area contributed by atoms with E-state index < -0.39 is 0 Å². The lowest BCUT2D eigenvalue weighted by atomic mass is 9.95. The molecule has 2 aromatic rings. The first-order valence-corrected chi connectivity index (χ1v) is 9.00. The van der Waals surface area contributed by atoms with E-state index in [0.717, 1.165) is 49.6 Å². The fourth-order valence-corrected chi connectivity index (χ4v) is 3.32. The van der Waals surface area contributed by atoms with Gasteiger partial charge in [-0.3, -0.25) is 9.89 Å². The zero-order chi connectivity index (χ0) is 17.8. The second kappa shape index (κ2) is 7.68. The minimum Gasteiger partial charge on any atom is -0.357 e. The Morgan fingerprint density at radius 1 is 1.36 bits per heavy atom. The molecule has 1 atom stereocenters. The van der Waals surface area contributed by atoms with Crippen LogP contribution in [0.4, 0.5) is 5.82 Å². The number of hydrogen-bond donors (Lipinski definition) is 2. The number of rotatable bonds is 5. The Balaban J connectivity index is 1.47. The van der Waals surface area contributed by atoms with E-state index in [1.807, 2.05) is 33.0 Å². The molecule has 0 bridgehead atoms. The average molecular weight is 341 g/mol. The normalized spacial score (nSPS) is 16.7. The fourth-order valence-electron chi connectivity index (χ4n) is 3.32. The van der Waals surface area contributed by atoms with Gasteiger partial charge >= 0.3 is 0 Å². The van der Waals surface area contributed by atoms with Crippen molar-refractivity contribution in [2.75, 3.05) is 18.0 Å². The number of aromatic amines is 1. The Bertz CT molecular complexity index is 701. The van der Waals surface area contributed by atoms with Gasteiger partial charge in [-0.05, 0) is 51.3 Å². The summed E-state index contributed by atoms with van der Waals surface area (Å²) in [7, 11) is 0. The molecule has 0 aromatic carbocycles. The second-order valence-electron chi connectivity index (χ2n) is 7.11. The van der Waals surface area contributed by atoms with Crippen molar-refractivity contribution in [3.63, 3.8) is 0 Å². The monoisotopic (exact) mass is 341 g/mol. The molecule has 0 saturated carbocycles. The van der Waals surface area contributed by atoms with Gasteiger partial charge in [0.1, 0.15) is 5.82 Å². The van der Waals surface area contributed by atoms with Crippen molar-refractivity contribution in [3.8, 4) is 0 Å². The van der Waals surface area contributed by atoms with Crippen LogP contribution in [-0.2, 0) is 11.2 Å². The van der Waals surface area contributed by atoms with Crippen LogP contribution in [0.1, 0.15) is 36.7 Å². The number of carbonyl (C=O) groups is 1. The molecule has 1 amide bonds. The summed E-state index contributed by atoms with van der Waals surface area (Å²) in [4.78, 5) is 19.3. The molecule has 1 aliphatic rings. The first-order valence-electron chi connectivity index (χ1n) is 9.00. The SMILES string of the molecule is Cc1ccc(N2CCC(C(=O)N[C@H](C)Cc3cc(C)[nH]n3)CC2)nc1. The van der Waals surface area contributed by atoms with Crippen LogP contribution in [0.3, 0.4) is 0 Å². The lowest BCUT2D eigenvalue weighted by Gasteiger charge is -2.32. The molecule has 134 valence electrons. The van der Waals surface area contributed by atoms with Crippen molar-refractivity contribution >= 4 is 11.7 Å². The van der Waals surface area contributed by atoms with E-state index in [1.165, 1.54) is 5.56 Å². The molecule has 6 heteroatoms. The zero-order valence-electron chi connectivity index (χ0n) is 15.2. The number of amides is 1. The Morgan fingerprint density at radius 2 is 2.12 bits per heavy atom. The van der Waals surface area contributed by atoms with E-state index in [4.69, 9.17) is 0 Å². The lowest BCUT2D eigenvalue weighted by molar-refractivity contribution is -0.126. The molecular weight excluding hydrogens is 314 g/mol. The van der Waals surface area contributed by atoms with Crippen molar-refractivity contribution in [3.05, 3.63) is 41.3 Å². The van der Waals surface area contributed by atoms with Gasteiger partial charge in [-0.15, -0.1) is 0 Å². The Labute approximate surface area is 149 Å². The molecule has 3 rings (SSSR count). The molecule has 25 heavy (non-hydrogen) atoms. The molecule has 0 unspecified atom stereocenters. The van der Waals surface area contributed by atoms with E-state index in [-0.39, 0.29) is 17.9 Å². The first kappa shape index (κ1) is 17.5. The second-order valence-corrected chi connectivity index (χ2v) is 7.11. The van der Waals surface area contributed by atoms with Crippen LogP contribution in [-0.4, -0.2) is 40.2 Å². The summed E-state index contributed by atoms with van der Waals surface area (Å²) in [6, 6.07) is 6.26.